The summed E-state index contributed by atoms with van der Waals surface area (Å²) >= 11 is 16.0. The zero-order chi connectivity index (χ0) is 26.3. The van der Waals surface area contributed by atoms with Gasteiger partial charge in [0.05, 0.1) is 5.56 Å². The van der Waals surface area contributed by atoms with Crippen molar-refractivity contribution in [1.29, 1.82) is 0 Å². The predicted octanol–water partition coefficient (Wildman–Crippen LogP) is 5.35. The molecule has 0 aliphatic carbocycles. The maximum absolute atomic E-state index is 13.7. The molecule has 4 N–H and O–H groups in total. The summed E-state index contributed by atoms with van der Waals surface area (Å²) in [5.74, 6) is -1.15. The monoisotopic (exact) mass is 600 g/mol. The number of nitrogens with zero attached hydrogens (tertiary/aromatic N) is 1. The number of nitrogens with one attached hydrogen (secondary N) is 2. The molecule has 1 saturated heterocycles. The Morgan fingerprint density at radius 1 is 1.11 bits per heavy atom. The molecule has 0 spiro atoms. The van der Waals surface area contributed by atoms with Gasteiger partial charge in [-0.1, -0.05) is 57.3 Å². The first-order chi connectivity index (χ1) is 17.7. The molecule has 10 heteroatoms. The number of carbonyl (C=O) groups is 3. The molecule has 2 aliphatic rings. The quantitative estimate of drug-likeness (QED) is 0.354. The first-order valence-electron chi connectivity index (χ1n) is 11.7. The maximum atomic E-state index is 13.7. The van der Waals surface area contributed by atoms with E-state index in [4.69, 9.17) is 28.9 Å². The third-order valence-electron chi connectivity index (χ3n) is 6.84. The van der Waals surface area contributed by atoms with Crippen LogP contribution >= 0.6 is 39.1 Å². The second kappa shape index (κ2) is 10.0. The Hall–Kier alpha value is -3.07. The zero-order valence-electron chi connectivity index (χ0n) is 19.6. The Morgan fingerprint density at radius 3 is 2.65 bits per heavy atom. The van der Waals surface area contributed by atoms with Crippen molar-refractivity contribution in [1.82, 2.24) is 4.90 Å². The van der Waals surface area contributed by atoms with E-state index >= 15 is 0 Å². The third kappa shape index (κ3) is 4.81. The van der Waals surface area contributed by atoms with Crippen LogP contribution in [0.3, 0.4) is 0 Å². The van der Waals surface area contributed by atoms with Crippen molar-refractivity contribution >= 4 is 68.2 Å². The fraction of sp³-hybridized carbons (Fsp3) is 0.222. The number of carbonyl (C=O) groups excluding carboxylic acids is 3. The molecule has 0 radical (unpaired) electrons. The highest BCUT2D eigenvalue weighted by Crippen LogP contribution is 2.43. The third-order valence-corrected chi connectivity index (χ3v) is 7.80. The van der Waals surface area contributed by atoms with Gasteiger partial charge in [0.2, 0.25) is 5.91 Å². The highest BCUT2D eigenvalue weighted by molar-refractivity contribution is 9.10. The van der Waals surface area contributed by atoms with E-state index in [1.165, 1.54) is 4.90 Å². The minimum atomic E-state index is -1.27. The minimum absolute atomic E-state index is 0.252. The van der Waals surface area contributed by atoms with Gasteiger partial charge in [-0.2, -0.15) is 0 Å². The molecule has 5 rings (SSSR count). The molecule has 3 amide bonds. The van der Waals surface area contributed by atoms with Crippen LogP contribution in [0.2, 0.25) is 10.0 Å². The summed E-state index contributed by atoms with van der Waals surface area (Å²) in [6.45, 7) is 0.428. The van der Waals surface area contributed by atoms with Gasteiger partial charge in [-0.05, 0) is 60.9 Å². The van der Waals surface area contributed by atoms with Crippen LogP contribution in [0.1, 0.15) is 34.3 Å². The molecule has 1 unspecified atom stereocenters. The molecule has 37 heavy (non-hydrogen) atoms. The lowest BCUT2D eigenvalue weighted by molar-refractivity contribution is -0.121. The highest BCUT2D eigenvalue weighted by Gasteiger charge is 2.48. The number of primary amides is 1. The van der Waals surface area contributed by atoms with Gasteiger partial charge in [-0.3, -0.25) is 14.4 Å². The molecular weight excluding hydrogens is 579 g/mol. The van der Waals surface area contributed by atoms with Crippen LogP contribution in [0.15, 0.2) is 65.1 Å². The fourth-order valence-electron chi connectivity index (χ4n) is 5.14. The van der Waals surface area contributed by atoms with Gasteiger partial charge >= 0.3 is 0 Å². The van der Waals surface area contributed by atoms with Crippen molar-refractivity contribution in [3.05, 3.63) is 91.9 Å². The smallest absolute Gasteiger partial charge is 0.256 e. The van der Waals surface area contributed by atoms with Crippen LogP contribution in [0.25, 0.3) is 0 Å². The molecule has 1 fully saturated rings. The van der Waals surface area contributed by atoms with Crippen LogP contribution in [-0.2, 0) is 21.5 Å². The lowest BCUT2D eigenvalue weighted by atomic mass is 9.84. The Kier molecular flexibility index (Phi) is 6.91. The van der Waals surface area contributed by atoms with Crippen LogP contribution in [-0.4, -0.2) is 35.2 Å². The molecule has 0 bridgehead atoms. The summed E-state index contributed by atoms with van der Waals surface area (Å²) in [7, 11) is 0. The molecule has 2 atom stereocenters. The first-order valence-corrected chi connectivity index (χ1v) is 13.3. The van der Waals surface area contributed by atoms with Crippen molar-refractivity contribution in [3.8, 4) is 0 Å². The number of likely N-dealkylation sites (tertiary alicyclic amines) is 1. The summed E-state index contributed by atoms with van der Waals surface area (Å²) in [5.41, 5.74) is 7.18. The van der Waals surface area contributed by atoms with E-state index in [1.54, 1.807) is 48.5 Å². The Labute approximate surface area is 232 Å². The van der Waals surface area contributed by atoms with Crippen LogP contribution in [0, 0.1) is 0 Å². The molecule has 0 aromatic heterocycles. The summed E-state index contributed by atoms with van der Waals surface area (Å²) in [6.07, 6.45) is 1.46. The zero-order valence-corrected chi connectivity index (χ0v) is 22.7. The van der Waals surface area contributed by atoms with Crippen LogP contribution < -0.4 is 16.4 Å². The van der Waals surface area contributed by atoms with Crippen molar-refractivity contribution < 1.29 is 14.4 Å². The van der Waals surface area contributed by atoms with Crippen molar-refractivity contribution in [2.45, 2.75) is 30.8 Å². The van der Waals surface area contributed by atoms with Gasteiger partial charge in [0, 0.05) is 44.4 Å². The Balaban J connectivity index is 1.62. The van der Waals surface area contributed by atoms with Gasteiger partial charge in [0.15, 0.2) is 0 Å². The number of fused-ring (bicyclic) bond motifs is 1. The molecule has 2 heterocycles. The first kappa shape index (κ1) is 25.6. The van der Waals surface area contributed by atoms with Gasteiger partial charge in [0.1, 0.15) is 11.6 Å². The summed E-state index contributed by atoms with van der Waals surface area (Å²) < 4.78 is 0.715. The number of amides is 3. The molecule has 0 saturated carbocycles. The predicted molar refractivity (Wildman–Crippen MR) is 148 cm³/mol. The van der Waals surface area contributed by atoms with Crippen molar-refractivity contribution in [2.24, 2.45) is 5.73 Å². The number of nitrogens with two attached hydrogens (primary N) is 1. The molecular formula is C27H23BrCl2N4O3. The molecule has 3 aromatic carbocycles. The van der Waals surface area contributed by atoms with Crippen molar-refractivity contribution in [3.63, 3.8) is 0 Å². The topological polar surface area (TPSA) is 105 Å². The van der Waals surface area contributed by atoms with E-state index in [1.807, 2.05) is 12.1 Å². The van der Waals surface area contributed by atoms with E-state index in [2.05, 4.69) is 26.6 Å². The molecule has 3 aromatic rings. The number of anilines is 2. The van der Waals surface area contributed by atoms with Crippen LogP contribution in [0.5, 0.6) is 0 Å². The molecule has 190 valence electrons. The number of rotatable bonds is 6. The highest BCUT2D eigenvalue weighted by atomic mass is 79.9. The van der Waals surface area contributed by atoms with E-state index in [9.17, 15) is 14.4 Å². The lowest BCUT2D eigenvalue weighted by Crippen LogP contribution is -2.46. The minimum Gasteiger partial charge on any atom is -0.368 e. The average Bonchev–Trinajstić information content (AvgIpc) is 3.42. The van der Waals surface area contributed by atoms with Gasteiger partial charge in [-0.15, -0.1) is 0 Å². The number of hydrogen-bond donors (Lipinski definition) is 3. The SMILES string of the molecule is NC(=O)C1CCCN1C(=O)c1ccc(Br)cc1N[C@]1(Cc2cccc(Cl)c2)C(=O)Nc2cc(Cl)ccc21. The number of benzene rings is 3. The Morgan fingerprint density at radius 2 is 1.89 bits per heavy atom. The second-order valence-corrected chi connectivity index (χ2v) is 11.0. The molecule has 7 nitrogen and oxygen atoms in total. The maximum Gasteiger partial charge on any atom is 0.256 e. The summed E-state index contributed by atoms with van der Waals surface area (Å²) in [4.78, 5) is 40.9. The number of halogens is 3. The second-order valence-electron chi connectivity index (χ2n) is 9.23. The van der Waals surface area contributed by atoms with E-state index in [0.29, 0.717) is 56.4 Å². The Bertz CT molecular complexity index is 1430. The van der Waals surface area contributed by atoms with Gasteiger partial charge in [-0.25, -0.2) is 0 Å². The normalized spacial score (nSPS) is 20.5. The van der Waals surface area contributed by atoms with Crippen LogP contribution in [0.4, 0.5) is 11.4 Å². The average molecular weight is 602 g/mol. The lowest BCUT2D eigenvalue weighted by Gasteiger charge is -2.32. The van der Waals surface area contributed by atoms with Gasteiger partial charge < -0.3 is 21.3 Å². The largest absolute Gasteiger partial charge is 0.368 e. The van der Waals surface area contributed by atoms with E-state index in [0.717, 1.165) is 5.56 Å². The molecule has 2 aliphatic heterocycles. The van der Waals surface area contributed by atoms with E-state index in [-0.39, 0.29) is 18.2 Å². The standard InChI is InChI=1S/C27H23BrCl2N4O3/c28-16-6-8-19(25(36)34-10-2-5-23(34)24(31)35)21(12-16)33-27(14-15-3-1-4-17(29)11-15)20-9-7-18(30)13-22(20)32-26(27)37/h1,3-4,6-9,11-13,23,33H,2,5,10,14H2,(H2,31,35)(H,32,37)/t23?,27-/m0/s1. The van der Waals surface area contributed by atoms with E-state index < -0.39 is 17.5 Å². The van der Waals surface area contributed by atoms with Gasteiger partial charge in [0.25, 0.3) is 11.8 Å². The summed E-state index contributed by atoms with van der Waals surface area (Å²) in [5, 5.41) is 7.39. The summed E-state index contributed by atoms with van der Waals surface area (Å²) in [6, 6.07) is 17.0. The fourth-order valence-corrected chi connectivity index (χ4v) is 5.88. The number of hydrogen-bond acceptors (Lipinski definition) is 4. The van der Waals surface area contributed by atoms with Crippen molar-refractivity contribution in [2.75, 3.05) is 17.2 Å².